The first-order valence-electron chi connectivity index (χ1n) is 7.04. The second kappa shape index (κ2) is 6.59. The van der Waals surface area contributed by atoms with Gasteiger partial charge in [0.2, 0.25) is 0 Å². The molecule has 0 aliphatic carbocycles. The number of carbonyl (C=O) groups is 1. The zero-order chi connectivity index (χ0) is 14.7. The highest BCUT2D eigenvalue weighted by Gasteiger charge is 2.21. The van der Waals surface area contributed by atoms with Gasteiger partial charge in [0, 0.05) is 36.7 Å². The predicted molar refractivity (Wildman–Crippen MR) is 84.6 cm³/mol. The van der Waals surface area contributed by atoms with Crippen LogP contribution in [0.25, 0.3) is 0 Å². The highest BCUT2D eigenvalue weighted by Crippen LogP contribution is 2.28. The number of aromatic carboxylic acids is 1. The third-order valence-corrected chi connectivity index (χ3v) is 4.70. The smallest absolute Gasteiger partial charge is 0.335 e. The first-order chi connectivity index (χ1) is 9.52. The number of halogens is 1. The van der Waals surface area contributed by atoms with Crippen LogP contribution in [0.2, 0.25) is 0 Å². The number of rotatable bonds is 4. The molecule has 1 aromatic rings. The van der Waals surface area contributed by atoms with Crippen LogP contribution in [0.15, 0.2) is 22.7 Å². The number of carboxylic acids is 1. The lowest BCUT2D eigenvalue weighted by Crippen LogP contribution is -2.49. The molecular weight excluding hydrogens is 320 g/mol. The van der Waals surface area contributed by atoms with E-state index >= 15 is 0 Å². The van der Waals surface area contributed by atoms with E-state index in [0.717, 1.165) is 36.3 Å². The summed E-state index contributed by atoms with van der Waals surface area (Å²) in [4.78, 5) is 15.8. The fourth-order valence-electron chi connectivity index (χ4n) is 2.56. The minimum atomic E-state index is -0.890. The van der Waals surface area contributed by atoms with E-state index in [0.29, 0.717) is 11.6 Å². The van der Waals surface area contributed by atoms with Crippen molar-refractivity contribution in [2.24, 2.45) is 0 Å². The zero-order valence-electron chi connectivity index (χ0n) is 12.0. The summed E-state index contributed by atoms with van der Waals surface area (Å²) in [6, 6.07) is 5.88. The summed E-state index contributed by atoms with van der Waals surface area (Å²) in [6.45, 7) is 8.57. The molecule has 0 bridgehead atoms. The Kier molecular flexibility index (Phi) is 5.05. The summed E-state index contributed by atoms with van der Waals surface area (Å²) >= 11 is 3.49. The van der Waals surface area contributed by atoms with Crippen molar-refractivity contribution in [2.45, 2.75) is 26.3 Å². The molecule has 1 aliphatic heterocycles. The molecule has 2 rings (SSSR count). The molecule has 1 saturated heterocycles. The van der Waals surface area contributed by atoms with E-state index in [9.17, 15) is 4.79 Å². The number of piperazine rings is 1. The van der Waals surface area contributed by atoms with E-state index in [2.05, 4.69) is 39.6 Å². The summed E-state index contributed by atoms with van der Waals surface area (Å²) in [5.41, 5.74) is 1.40. The van der Waals surface area contributed by atoms with E-state index in [1.54, 1.807) is 12.1 Å². The maximum Gasteiger partial charge on any atom is 0.335 e. The van der Waals surface area contributed by atoms with Gasteiger partial charge in [0.25, 0.3) is 0 Å². The Bertz CT molecular complexity index is 485. The van der Waals surface area contributed by atoms with Crippen LogP contribution in [0.3, 0.4) is 0 Å². The fourth-order valence-corrected chi connectivity index (χ4v) is 3.19. The van der Waals surface area contributed by atoms with Crippen molar-refractivity contribution < 1.29 is 9.90 Å². The van der Waals surface area contributed by atoms with Crippen LogP contribution in [0, 0.1) is 0 Å². The van der Waals surface area contributed by atoms with Gasteiger partial charge in [-0.2, -0.15) is 0 Å². The lowest BCUT2D eigenvalue weighted by Gasteiger charge is -2.39. The first-order valence-corrected chi connectivity index (χ1v) is 7.84. The van der Waals surface area contributed by atoms with Crippen LogP contribution >= 0.6 is 15.9 Å². The maximum atomic E-state index is 11.0. The Balaban J connectivity index is 2.05. The Labute approximate surface area is 128 Å². The van der Waals surface area contributed by atoms with Gasteiger partial charge < -0.3 is 10.0 Å². The van der Waals surface area contributed by atoms with Crippen molar-refractivity contribution >= 4 is 27.6 Å². The van der Waals surface area contributed by atoms with Crippen molar-refractivity contribution in [1.29, 1.82) is 0 Å². The van der Waals surface area contributed by atoms with E-state index in [4.69, 9.17) is 5.11 Å². The molecule has 1 atom stereocenters. The maximum absolute atomic E-state index is 11.0. The summed E-state index contributed by atoms with van der Waals surface area (Å²) < 4.78 is 0.856. The van der Waals surface area contributed by atoms with Crippen molar-refractivity contribution in [3.05, 3.63) is 28.2 Å². The van der Waals surface area contributed by atoms with Crippen LogP contribution in [0.4, 0.5) is 5.69 Å². The molecule has 0 aromatic heterocycles. The van der Waals surface area contributed by atoms with Gasteiger partial charge in [0.15, 0.2) is 0 Å². The summed E-state index contributed by atoms with van der Waals surface area (Å²) in [5.74, 6) is -0.890. The van der Waals surface area contributed by atoms with Crippen molar-refractivity contribution in [1.82, 2.24) is 4.90 Å². The third-order valence-electron chi connectivity index (χ3n) is 4.06. The lowest BCUT2D eigenvalue weighted by molar-refractivity contribution is 0.0697. The summed E-state index contributed by atoms with van der Waals surface area (Å²) in [5, 5.41) is 8.99. The molecule has 0 radical (unpaired) electrons. The quantitative estimate of drug-likeness (QED) is 0.914. The molecule has 110 valence electrons. The minimum absolute atomic E-state index is 0.318. The monoisotopic (exact) mass is 340 g/mol. The van der Waals surface area contributed by atoms with Gasteiger partial charge in [0.1, 0.15) is 0 Å². The van der Waals surface area contributed by atoms with Crippen molar-refractivity contribution in [2.75, 3.05) is 31.1 Å². The molecule has 1 aliphatic rings. The molecule has 1 fully saturated rings. The first kappa shape index (κ1) is 15.3. The van der Waals surface area contributed by atoms with E-state index in [-0.39, 0.29) is 0 Å². The molecule has 1 unspecified atom stereocenters. The Morgan fingerprint density at radius 3 is 2.50 bits per heavy atom. The van der Waals surface area contributed by atoms with Gasteiger partial charge in [-0.25, -0.2) is 4.79 Å². The van der Waals surface area contributed by atoms with Gasteiger partial charge in [-0.15, -0.1) is 0 Å². The van der Waals surface area contributed by atoms with Crippen LogP contribution in [0.1, 0.15) is 30.6 Å². The average Bonchev–Trinajstić information content (AvgIpc) is 2.46. The van der Waals surface area contributed by atoms with Crippen molar-refractivity contribution in [3.8, 4) is 0 Å². The fraction of sp³-hybridized carbons (Fsp3) is 0.533. The average molecular weight is 341 g/mol. The largest absolute Gasteiger partial charge is 0.478 e. The number of nitrogens with zero attached hydrogens (tertiary/aromatic N) is 2. The molecule has 1 aromatic carbocycles. The number of benzene rings is 1. The van der Waals surface area contributed by atoms with Crippen LogP contribution < -0.4 is 4.90 Å². The Morgan fingerprint density at radius 1 is 1.35 bits per heavy atom. The molecule has 0 amide bonds. The molecule has 1 N–H and O–H groups in total. The Hall–Kier alpha value is -1.07. The molecule has 20 heavy (non-hydrogen) atoms. The molecule has 5 heteroatoms. The third kappa shape index (κ3) is 3.33. The number of hydrogen-bond donors (Lipinski definition) is 1. The van der Waals surface area contributed by atoms with Gasteiger partial charge in [-0.3, -0.25) is 4.90 Å². The topological polar surface area (TPSA) is 43.8 Å². The van der Waals surface area contributed by atoms with Crippen molar-refractivity contribution in [3.63, 3.8) is 0 Å². The van der Waals surface area contributed by atoms with Gasteiger partial charge in [-0.05, 0) is 47.5 Å². The highest BCUT2D eigenvalue weighted by molar-refractivity contribution is 9.10. The van der Waals surface area contributed by atoms with Gasteiger partial charge >= 0.3 is 5.97 Å². The molecule has 1 heterocycles. The zero-order valence-corrected chi connectivity index (χ0v) is 13.6. The predicted octanol–water partition coefficient (Wildman–Crippen LogP) is 3.07. The molecular formula is C15H21BrN2O2. The molecule has 4 nitrogen and oxygen atoms in total. The minimum Gasteiger partial charge on any atom is -0.478 e. The van der Waals surface area contributed by atoms with Crippen LogP contribution in [-0.2, 0) is 0 Å². The van der Waals surface area contributed by atoms with E-state index < -0.39 is 5.97 Å². The lowest BCUT2D eigenvalue weighted by atomic mass is 10.1. The molecule has 0 saturated carbocycles. The summed E-state index contributed by atoms with van der Waals surface area (Å²) in [6.07, 6.45) is 1.18. The number of carboxylic acid groups (broad SMARTS) is 1. The second-order valence-electron chi connectivity index (χ2n) is 5.25. The number of anilines is 1. The summed E-state index contributed by atoms with van der Waals surface area (Å²) in [7, 11) is 0. The second-order valence-corrected chi connectivity index (χ2v) is 6.11. The van der Waals surface area contributed by atoms with Crippen LogP contribution in [-0.4, -0.2) is 48.2 Å². The Morgan fingerprint density at radius 2 is 2.00 bits per heavy atom. The SMILES string of the molecule is CCC(C)N1CCN(c2ccc(C(=O)O)cc2Br)CC1. The van der Waals surface area contributed by atoms with E-state index in [1.807, 2.05) is 6.07 Å². The standard InChI is InChI=1S/C15H21BrN2O2/c1-3-11(2)17-6-8-18(9-7-17)14-5-4-12(15(19)20)10-13(14)16/h4-5,10-11H,3,6-9H2,1-2H3,(H,19,20). The normalized spacial score (nSPS) is 18.1. The number of hydrogen-bond acceptors (Lipinski definition) is 3. The highest BCUT2D eigenvalue weighted by atomic mass is 79.9. The van der Waals surface area contributed by atoms with Crippen LogP contribution in [0.5, 0.6) is 0 Å². The van der Waals surface area contributed by atoms with Gasteiger partial charge in [0.05, 0.1) is 11.3 Å². The van der Waals surface area contributed by atoms with Gasteiger partial charge in [-0.1, -0.05) is 6.92 Å². The van der Waals surface area contributed by atoms with E-state index in [1.165, 1.54) is 6.42 Å². The molecule has 0 spiro atoms.